The Balaban J connectivity index is 1.68. The second-order valence-electron chi connectivity index (χ2n) is 9.32. The van der Waals surface area contributed by atoms with Gasteiger partial charge in [0.1, 0.15) is 0 Å². The van der Waals surface area contributed by atoms with E-state index < -0.39 is 0 Å². The molecule has 2 aliphatic carbocycles. The first kappa shape index (κ1) is 18.7. The van der Waals surface area contributed by atoms with Crippen molar-refractivity contribution in [1.29, 1.82) is 0 Å². The van der Waals surface area contributed by atoms with Gasteiger partial charge in [-0.15, -0.1) is 0 Å². The van der Waals surface area contributed by atoms with Crippen LogP contribution < -0.4 is 10.6 Å². The second-order valence-corrected chi connectivity index (χ2v) is 9.32. The van der Waals surface area contributed by atoms with E-state index >= 15 is 0 Å². The summed E-state index contributed by atoms with van der Waals surface area (Å²) in [6, 6.07) is 0. The maximum atomic E-state index is 12.1. The summed E-state index contributed by atoms with van der Waals surface area (Å²) < 4.78 is 0. The zero-order chi connectivity index (χ0) is 18.1. The highest BCUT2D eigenvalue weighted by atomic mass is 16.2. The minimum absolute atomic E-state index is 0.00719. The minimum atomic E-state index is 0.00719. The Hall–Kier alpha value is -1.06. The van der Waals surface area contributed by atoms with Gasteiger partial charge in [0, 0.05) is 24.9 Å². The number of fused-ring (bicyclic) bond motifs is 3. The number of amides is 2. The molecule has 4 nitrogen and oxygen atoms in total. The molecule has 0 bridgehead atoms. The maximum absolute atomic E-state index is 12.1. The number of piperidine rings is 1. The molecule has 25 heavy (non-hydrogen) atoms. The van der Waals surface area contributed by atoms with Crippen LogP contribution in [0.2, 0.25) is 0 Å². The van der Waals surface area contributed by atoms with Crippen molar-refractivity contribution in [2.45, 2.75) is 90.5 Å². The van der Waals surface area contributed by atoms with E-state index in [-0.39, 0.29) is 22.8 Å². The molecule has 1 heterocycles. The normalized spacial score (nSPS) is 40.6. The van der Waals surface area contributed by atoms with Crippen LogP contribution in [0.15, 0.2) is 0 Å². The highest BCUT2D eigenvalue weighted by Crippen LogP contribution is 2.58. The summed E-state index contributed by atoms with van der Waals surface area (Å²) in [5, 5.41) is 6.36. The van der Waals surface area contributed by atoms with E-state index in [0.717, 1.165) is 38.1 Å². The van der Waals surface area contributed by atoms with Gasteiger partial charge in [-0.2, -0.15) is 0 Å². The Kier molecular flexibility index (Phi) is 5.45. The molecule has 0 aromatic carbocycles. The van der Waals surface area contributed by atoms with Crippen LogP contribution in [0.3, 0.4) is 0 Å². The van der Waals surface area contributed by atoms with Crippen molar-refractivity contribution in [3.63, 3.8) is 0 Å². The minimum Gasteiger partial charge on any atom is -0.356 e. The first-order valence-electron chi connectivity index (χ1n) is 10.5. The standard InChI is InChI=1S/C21H36N2O2/c1-4-14-22-18(24)10-12-20(2)11-5-6-15-16(20)9-13-21(3)17(15)7-8-19(25)23-21/h15-17H,4-14H2,1-3H3,(H,22,24)(H,23,25)/t15-,16+,17+,20-,21+/m1/s1. The van der Waals surface area contributed by atoms with Crippen LogP contribution in [0, 0.1) is 23.2 Å². The predicted octanol–water partition coefficient (Wildman–Crippen LogP) is 3.79. The second kappa shape index (κ2) is 7.28. The van der Waals surface area contributed by atoms with E-state index in [1.54, 1.807) is 0 Å². The molecule has 5 atom stereocenters. The molecule has 0 aromatic rings. The van der Waals surface area contributed by atoms with Gasteiger partial charge in [0.15, 0.2) is 0 Å². The molecule has 1 saturated heterocycles. The molecule has 0 unspecified atom stereocenters. The van der Waals surface area contributed by atoms with Crippen molar-refractivity contribution in [3.8, 4) is 0 Å². The molecule has 2 N–H and O–H groups in total. The number of carbonyl (C=O) groups is 2. The van der Waals surface area contributed by atoms with Gasteiger partial charge >= 0.3 is 0 Å². The van der Waals surface area contributed by atoms with Gasteiger partial charge in [0.25, 0.3) is 0 Å². The monoisotopic (exact) mass is 348 g/mol. The van der Waals surface area contributed by atoms with E-state index in [9.17, 15) is 9.59 Å². The summed E-state index contributed by atoms with van der Waals surface area (Å²) >= 11 is 0. The average molecular weight is 349 g/mol. The first-order chi connectivity index (χ1) is 11.9. The lowest BCUT2D eigenvalue weighted by Gasteiger charge is -2.58. The Morgan fingerprint density at radius 3 is 2.76 bits per heavy atom. The van der Waals surface area contributed by atoms with Crippen molar-refractivity contribution in [3.05, 3.63) is 0 Å². The summed E-state index contributed by atoms with van der Waals surface area (Å²) in [4.78, 5) is 24.0. The lowest BCUT2D eigenvalue weighted by atomic mass is 9.49. The molecule has 142 valence electrons. The van der Waals surface area contributed by atoms with Crippen molar-refractivity contribution in [2.75, 3.05) is 6.54 Å². The highest BCUT2D eigenvalue weighted by molar-refractivity contribution is 5.78. The number of carbonyl (C=O) groups excluding carboxylic acids is 2. The predicted molar refractivity (Wildman–Crippen MR) is 100.0 cm³/mol. The number of hydrogen-bond acceptors (Lipinski definition) is 2. The summed E-state index contributed by atoms with van der Waals surface area (Å²) in [5.74, 6) is 2.52. The van der Waals surface area contributed by atoms with E-state index in [0.29, 0.717) is 24.7 Å². The van der Waals surface area contributed by atoms with E-state index in [1.807, 2.05) is 0 Å². The molecule has 3 rings (SSSR count). The fourth-order valence-electron chi connectivity index (χ4n) is 6.22. The third kappa shape index (κ3) is 3.73. The van der Waals surface area contributed by atoms with E-state index in [4.69, 9.17) is 0 Å². The van der Waals surface area contributed by atoms with Gasteiger partial charge in [-0.25, -0.2) is 0 Å². The van der Waals surface area contributed by atoms with Crippen molar-refractivity contribution in [1.82, 2.24) is 10.6 Å². The van der Waals surface area contributed by atoms with Crippen molar-refractivity contribution in [2.24, 2.45) is 23.2 Å². The molecule has 0 aromatic heterocycles. The van der Waals surface area contributed by atoms with Crippen LogP contribution in [0.1, 0.15) is 85.0 Å². The Bertz CT molecular complexity index is 520. The van der Waals surface area contributed by atoms with E-state index in [1.165, 1.54) is 25.7 Å². The summed E-state index contributed by atoms with van der Waals surface area (Å²) in [5.41, 5.74) is 0.294. The van der Waals surface area contributed by atoms with Crippen LogP contribution >= 0.6 is 0 Å². The summed E-state index contributed by atoms with van der Waals surface area (Å²) in [6.45, 7) is 7.59. The third-order valence-corrected chi connectivity index (χ3v) is 7.61. The fraction of sp³-hybridized carbons (Fsp3) is 0.905. The van der Waals surface area contributed by atoms with Crippen molar-refractivity contribution < 1.29 is 9.59 Å². The third-order valence-electron chi connectivity index (χ3n) is 7.61. The fourth-order valence-corrected chi connectivity index (χ4v) is 6.22. The van der Waals surface area contributed by atoms with Gasteiger partial charge < -0.3 is 10.6 Å². The average Bonchev–Trinajstić information content (AvgIpc) is 2.57. The zero-order valence-corrected chi connectivity index (χ0v) is 16.3. The Labute approximate surface area is 152 Å². The number of hydrogen-bond donors (Lipinski definition) is 2. The quantitative estimate of drug-likeness (QED) is 0.794. The molecule has 0 spiro atoms. The molecular weight excluding hydrogens is 312 g/mol. The van der Waals surface area contributed by atoms with Crippen LogP contribution in [0.25, 0.3) is 0 Å². The van der Waals surface area contributed by atoms with Crippen LogP contribution in [-0.2, 0) is 9.59 Å². The molecule has 3 fully saturated rings. The molecule has 2 amide bonds. The van der Waals surface area contributed by atoms with E-state index in [2.05, 4.69) is 31.4 Å². The van der Waals surface area contributed by atoms with Crippen LogP contribution in [-0.4, -0.2) is 23.9 Å². The zero-order valence-electron chi connectivity index (χ0n) is 16.3. The van der Waals surface area contributed by atoms with Gasteiger partial charge in [0.2, 0.25) is 11.8 Å². The van der Waals surface area contributed by atoms with Gasteiger partial charge in [-0.3, -0.25) is 9.59 Å². The molecule has 3 aliphatic rings. The van der Waals surface area contributed by atoms with Crippen LogP contribution in [0.5, 0.6) is 0 Å². The van der Waals surface area contributed by atoms with Gasteiger partial charge in [-0.05, 0) is 75.0 Å². The molecule has 2 saturated carbocycles. The van der Waals surface area contributed by atoms with Gasteiger partial charge in [-0.1, -0.05) is 20.3 Å². The Morgan fingerprint density at radius 2 is 2.00 bits per heavy atom. The van der Waals surface area contributed by atoms with Gasteiger partial charge in [0.05, 0.1) is 0 Å². The number of rotatable bonds is 5. The molecule has 4 heteroatoms. The SMILES string of the molecule is CCCNC(=O)CC[C@@]1(C)CCC[C@@H]2[C@@H]1CC[C@]1(C)NC(=O)CC[C@@H]21. The molecule has 1 aliphatic heterocycles. The molecular formula is C21H36N2O2. The highest BCUT2D eigenvalue weighted by Gasteiger charge is 2.54. The summed E-state index contributed by atoms with van der Waals surface area (Å²) in [6.07, 6.45) is 10.6. The largest absolute Gasteiger partial charge is 0.356 e. The maximum Gasteiger partial charge on any atom is 0.220 e. The first-order valence-corrected chi connectivity index (χ1v) is 10.5. The number of nitrogens with one attached hydrogen (secondary N) is 2. The molecule has 0 radical (unpaired) electrons. The Morgan fingerprint density at radius 1 is 1.20 bits per heavy atom. The van der Waals surface area contributed by atoms with Crippen LogP contribution in [0.4, 0.5) is 0 Å². The smallest absolute Gasteiger partial charge is 0.220 e. The topological polar surface area (TPSA) is 58.2 Å². The van der Waals surface area contributed by atoms with Crippen molar-refractivity contribution >= 4 is 11.8 Å². The summed E-state index contributed by atoms with van der Waals surface area (Å²) in [7, 11) is 0. The lowest BCUT2D eigenvalue weighted by Crippen LogP contribution is -2.62. The lowest BCUT2D eigenvalue weighted by molar-refractivity contribution is -0.134.